The monoisotopic (exact) mass is 460 g/mol. The van der Waals surface area contributed by atoms with E-state index in [-0.39, 0.29) is 11.3 Å². The van der Waals surface area contributed by atoms with Crippen molar-refractivity contribution in [2.75, 3.05) is 26.9 Å². The fourth-order valence-electron chi connectivity index (χ4n) is 4.10. The molecule has 2 N–H and O–H groups in total. The molecule has 0 aliphatic carbocycles. The summed E-state index contributed by atoms with van der Waals surface area (Å²) >= 11 is 0. The van der Waals surface area contributed by atoms with E-state index in [9.17, 15) is 18.4 Å². The van der Waals surface area contributed by atoms with E-state index in [1.54, 1.807) is 21.0 Å². The second-order valence-corrected chi connectivity index (χ2v) is 8.63. The molecular weight excluding hydrogens is 430 g/mol. The normalized spacial score (nSPS) is 16.2. The lowest BCUT2D eigenvalue weighted by molar-refractivity contribution is -0.124. The van der Waals surface area contributed by atoms with Crippen LogP contribution < -0.4 is 15.4 Å². The first-order valence-corrected chi connectivity index (χ1v) is 11.0. The largest absolute Gasteiger partial charge is 0.497 e. The third-order valence-electron chi connectivity index (χ3n) is 6.18. The highest BCUT2D eigenvalue weighted by Gasteiger charge is 2.36. The minimum atomic E-state index is -0.976. The van der Waals surface area contributed by atoms with Gasteiger partial charge in [-0.1, -0.05) is 32.0 Å². The van der Waals surface area contributed by atoms with Crippen LogP contribution in [0.1, 0.15) is 42.6 Å². The number of nitrogens with one attached hydrogen (secondary N) is 2. The van der Waals surface area contributed by atoms with E-state index in [4.69, 9.17) is 9.47 Å². The van der Waals surface area contributed by atoms with Crippen molar-refractivity contribution in [3.05, 3.63) is 65.2 Å². The van der Waals surface area contributed by atoms with Crippen molar-refractivity contribution in [1.29, 1.82) is 0 Å². The Kier molecular flexibility index (Phi) is 8.02. The van der Waals surface area contributed by atoms with Crippen LogP contribution in [0.2, 0.25) is 0 Å². The second kappa shape index (κ2) is 10.7. The Morgan fingerprint density at radius 2 is 1.67 bits per heavy atom. The molecule has 1 atom stereocenters. The van der Waals surface area contributed by atoms with Crippen LogP contribution in [-0.4, -0.2) is 44.7 Å². The molecule has 3 rings (SSSR count). The molecule has 8 heteroatoms. The fourth-order valence-corrected chi connectivity index (χ4v) is 4.10. The third-order valence-corrected chi connectivity index (χ3v) is 6.18. The van der Waals surface area contributed by atoms with E-state index < -0.39 is 35.1 Å². The van der Waals surface area contributed by atoms with Crippen LogP contribution in [-0.2, 0) is 14.9 Å². The highest BCUT2D eigenvalue weighted by Crippen LogP contribution is 2.35. The molecule has 178 valence electrons. The molecule has 6 nitrogen and oxygen atoms in total. The summed E-state index contributed by atoms with van der Waals surface area (Å²) < 4.78 is 38.8. The smallest absolute Gasteiger partial charge is 0.257 e. The molecule has 2 aromatic rings. The van der Waals surface area contributed by atoms with Crippen LogP contribution in [0.15, 0.2) is 42.5 Å². The summed E-state index contributed by atoms with van der Waals surface area (Å²) in [6.45, 7) is 5.00. The Labute approximate surface area is 192 Å². The minimum absolute atomic E-state index is 0.296. The molecule has 2 amide bonds. The van der Waals surface area contributed by atoms with Crippen molar-refractivity contribution < 1.29 is 27.8 Å². The molecule has 1 heterocycles. The van der Waals surface area contributed by atoms with Crippen LogP contribution in [0, 0.1) is 17.6 Å². The van der Waals surface area contributed by atoms with Gasteiger partial charge in [0, 0.05) is 25.2 Å². The van der Waals surface area contributed by atoms with Crippen LogP contribution in [0.25, 0.3) is 0 Å². The lowest BCUT2D eigenvalue weighted by Crippen LogP contribution is -2.53. The van der Waals surface area contributed by atoms with Gasteiger partial charge in [0.15, 0.2) is 0 Å². The van der Waals surface area contributed by atoms with E-state index in [1.165, 1.54) is 6.07 Å². The number of halogens is 2. The van der Waals surface area contributed by atoms with Crippen molar-refractivity contribution in [2.24, 2.45) is 5.92 Å². The molecule has 2 aromatic carbocycles. The van der Waals surface area contributed by atoms with Gasteiger partial charge < -0.3 is 20.1 Å². The van der Waals surface area contributed by atoms with Crippen molar-refractivity contribution in [3.63, 3.8) is 0 Å². The van der Waals surface area contributed by atoms with Gasteiger partial charge in [-0.05, 0) is 48.6 Å². The third kappa shape index (κ3) is 5.68. The molecule has 0 radical (unpaired) electrons. The number of hydrogen-bond donors (Lipinski definition) is 2. The lowest BCUT2D eigenvalue weighted by Gasteiger charge is -2.38. The predicted octanol–water partition coefficient (Wildman–Crippen LogP) is 3.59. The Balaban J connectivity index is 1.75. The molecule has 0 saturated carbocycles. The molecule has 1 fully saturated rings. The molecule has 33 heavy (non-hydrogen) atoms. The van der Waals surface area contributed by atoms with E-state index >= 15 is 0 Å². The first-order chi connectivity index (χ1) is 15.8. The fraction of sp³-hybridized carbons (Fsp3) is 0.440. The molecule has 1 aliphatic rings. The number of carbonyl (C=O) groups is 2. The highest BCUT2D eigenvalue weighted by atomic mass is 19.1. The average Bonchev–Trinajstić information content (AvgIpc) is 2.81. The molecule has 0 aromatic heterocycles. The number of hydrogen-bond acceptors (Lipinski definition) is 4. The molecular formula is C25H30F2N2O4. The van der Waals surface area contributed by atoms with E-state index in [0.29, 0.717) is 19.8 Å². The van der Waals surface area contributed by atoms with Gasteiger partial charge in [0.25, 0.3) is 5.91 Å². The summed E-state index contributed by atoms with van der Waals surface area (Å²) in [7, 11) is 1.60. The minimum Gasteiger partial charge on any atom is -0.497 e. The topological polar surface area (TPSA) is 76.7 Å². The zero-order valence-corrected chi connectivity index (χ0v) is 19.1. The Morgan fingerprint density at radius 1 is 1.06 bits per heavy atom. The number of benzene rings is 2. The Morgan fingerprint density at radius 3 is 2.21 bits per heavy atom. The Bertz CT molecular complexity index is 953. The van der Waals surface area contributed by atoms with Crippen molar-refractivity contribution in [1.82, 2.24) is 10.6 Å². The molecule has 0 unspecified atom stereocenters. The summed E-state index contributed by atoms with van der Waals surface area (Å²) in [5.74, 6) is -2.87. The lowest BCUT2D eigenvalue weighted by atomic mass is 9.74. The number of methoxy groups -OCH3 is 1. The van der Waals surface area contributed by atoms with Crippen molar-refractivity contribution in [2.45, 2.75) is 38.1 Å². The Hall–Kier alpha value is -3.00. The number of ether oxygens (including phenoxy) is 2. The van der Waals surface area contributed by atoms with Gasteiger partial charge in [-0.15, -0.1) is 0 Å². The van der Waals surface area contributed by atoms with E-state index in [1.807, 2.05) is 24.3 Å². The quantitative estimate of drug-likeness (QED) is 0.631. The van der Waals surface area contributed by atoms with Crippen molar-refractivity contribution in [3.8, 4) is 5.75 Å². The average molecular weight is 461 g/mol. The molecule has 1 saturated heterocycles. The maximum Gasteiger partial charge on any atom is 0.257 e. The maximum absolute atomic E-state index is 14.0. The van der Waals surface area contributed by atoms with Gasteiger partial charge in [0.1, 0.15) is 29.0 Å². The van der Waals surface area contributed by atoms with Gasteiger partial charge in [-0.3, -0.25) is 9.59 Å². The van der Waals surface area contributed by atoms with E-state index in [0.717, 1.165) is 36.3 Å². The zero-order chi connectivity index (χ0) is 24.0. The summed E-state index contributed by atoms with van der Waals surface area (Å²) in [4.78, 5) is 25.6. The SMILES string of the molecule is COc1ccc(C2(CNC(=O)[C@@H](NC(=O)c3c(F)cccc3F)C(C)C)CCOCC2)cc1. The highest BCUT2D eigenvalue weighted by molar-refractivity contribution is 5.98. The number of carbonyl (C=O) groups excluding carboxylic acids is 2. The standard InChI is InChI=1S/C25H30F2N2O4/c1-16(2)22(29-23(30)21-19(26)5-4-6-20(21)27)24(31)28-15-25(11-13-33-14-12-25)17-7-9-18(32-3)10-8-17/h4-10,16,22H,11-15H2,1-3H3,(H,28,31)(H,29,30)/t22-/m0/s1. The maximum atomic E-state index is 14.0. The predicted molar refractivity (Wildman–Crippen MR) is 120 cm³/mol. The molecule has 1 aliphatic heterocycles. The summed E-state index contributed by atoms with van der Waals surface area (Å²) in [5, 5.41) is 5.46. The summed E-state index contributed by atoms with van der Waals surface area (Å²) in [6, 6.07) is 9.98. The summed E-state index contributed by atoms with van der Waals surface area (Å²) in [5.41, 5.74) is 0.0316. The first-order valence-electron chi connectivity index (χ1n) is 11.0. The van der Waals surface area contributed by atoms with Crippen molar-refractivity contribution >= 4 is 11.8 Å². The second-order valence-electron chi connectivity index (χ2n) is 8.63. The van der Waals surface area contributed by atoms with Gasteiger partial charge in [-0.25, -0.2) is 8.78 Å². The van der Waals surface area contributed by atoms with Crippen LogP contribution in [0.3, 0.4) is 0 Å². The molecule has 0 bridgehead atoms. The van der Waals surface area contributed by atoms with E-state index in [2.05, 4.69) is 10.6 Å². The van der Waals surface area contributed by atoms with Gasteiger partial charge >= 0.3 is 0 Å². The van der Waals surface area contributed by atoms with Gasteiger partial charge in [0.2, 0.25) is 5.91 Å². The van der Waals surface area contributed by atoms with Crippen LogP contribution >= 0.6 is 0 Å². The summed E-state index contributed by atoms with van der Waals surface area (Å²) in [6.07, 6.45) is 1.44. The first kappa shape index (κ1) is 24.6. The van der Waals surface area contributed by atoms with Gasteiger partial charge in [0.05, 0.1) is 7.11 Å². The zero-order valence-electron chi connectivity index (χ0n) is 19.1. The van der Waals surface area contributed by atoms with Crippen LogP contribution in [0.4, 0.5) is 8.78 Å². The van der Waals surface area contributed by atoms with Crippen LogP contribution in [0.5, 0.6) is 5.75 Å². The molecule has 0 spiro atoms. The number of rotatable bonds is 8. The van der Waals surface area contributed by atoms with Gasteiger partial charge in [-0.2, -0.15) is 0 Å². The number of amides is 2.